The number of phosphoric ester groups is 1. The molecule has 0 rings (SSSR count). The van der Waals surface area contributed by atoms with Crippen molar-refractivity contribution in [3.8, 4) is 0 Å². The number of quaternary nitrogens is 1. The van der Waals surface area contributed by atoms with Crippen molar-refractivity contribution in [2.75, 3.05) is 47.5 Å². The minimum Gasteiger partial charge on any atom is -0.756 e. The third kappa shape index (κ3) is 38.9. The minimum absolute atomic E-state index is 0.0469. The van der Waals surface area contributed by atoms with Gasteiger partial charge in [-0.2, -0.15) is 0 Å². The molecular weight excluding hydrogens is 701 g/mol. The molecular formula is C44H74NO8P. The second-order valence-electron chi connectivity index (χ2n) is 14.2. The Labute approximate surface area is 329 Å². The number of phosphoric acid groups is 1. The summed E-state index contributed by atoms with van der Waals surface area (Å²) in [5.74, 6) is -0.915. The third-order valence-electron chi connectivity index (χ3n) is 7.91. The van der Waals surface area contributed by atoms with Crippen LogP contribution in [0.1, 0.15) is 129 Å². The van der Waals surface area contributed by atoms with Gasteiger partial charge in [-0.05, 0) is 83.5 Å². The smallest absolute Gasteiger partial charge is 0.306 e. The standard InChI is InChI=1S/C44H74NO8P/c1-6-8-10-12-14-16-18-20-22-24-26-28-30-32-34-36-43(46)50-40-42(41-52-54(48,49)51-39-38-45(3,4)5)53-44(47)37-35-33-31-29-27-25-23-21-19-17-15-13-11-9-7-2/h8-11,14-17,20-23,27,29,42H,6-7,12-13,18-19,24-26,28,30-41H2,1-5H3/b10-8+,11-9+,16-14+,17-15+,22-20+,23-21+,29-27+/t42-/m1/s1. The Hall–Kier alpha value is -2.81. The molecule has 0 saturated carbocycles. The number of carbonyl (C=O) groups excluding carboxylic acids is 2. The van der Waals surface area contributed by atoms with Gasteiger partial charge in [0.25, 0.3) is 7.82 Å². The molecule has 0 heterocycles. The fourth-order valence-corrected chi connectivity index (χ4v) is 5.50. The van der Waals surface area contributed by atoms with E-state index in [0.717, 1.165) is 89.9 Å². The topological polar surface area (TPSA) is 111 Å². The van der Waals surface area contributed by atoms with Gasteiger partial charge in [0.05, 0.1) is 27.7 Å². The van der Waals surface area contributed by atoms with Crippen LogP contribution in [0.5, 0.6) is 0 Å². The van der Waals surface area contributed by atoms with Crippen LogP contribution in [0.25, 0.3) is 0 Å². The highest BCUT2D eigenvalue weighted by Gasteiger charge is 2.21. The summed E-state index contributed by atoms with van der Waals surface area (Å²) in [5.41, 5.74) is 0. The quantitative estimate of drug-likeness (QED) is 0.0206. The molecule has 0 aliphatic carbocycles. The number of carbonyl (C=O) groups is 2. The van der Waals surface area contributed by atoms with Crippen LogP contribution < -0.4 is 4.89 Å². The summed E-state index contributed by atoms with van der Waals surface area (Å²) < 4.78 is 33.7. The summed E-state index contributed by atoms with van der Waals surface area (Å²) >= 11 is 0. The molecule has 54 heavy (non-hydrogen) atoms. The van der Waals surface area contributed by atoms with Crippen molar-refractivity contribution in [3.63, 3.8) is 0 Å². The number of rotatable bonds is 35. The monoisotopic (exact) mass is 776 g/mol. The van der Waals surface area contributed by atoms with Crippen molar-refractivity contribution in [1.82, 2.24) is 0 Å². The van der Waals surface area contributed by atoms with Gasteiger partial charge in [-0.1, -0.05) is 118 Å². The van der Waals surface area contributed by atoms with Crippen LogP contribution in [0.15, 0.2) is 85.1 Å². The SMILES string of the molecule is CC/C=C/C/C=C/C/C=C/C/C=C/CCCCC(=O)O[C@H](COC(=O)CCCCCCC/C=C/C/C=C/C/C=C/CC)COP(=O)([O-])OCC[N+](C)(C)C. The van der Waals surface area contributed by atoms with Gasteiger partial charge in [0.1, 0.15) is 19.8 Å². The number of nitrogens with zero attached hydrogens (tertiary/aromatic N) is 1. The molecule has 0 aromatic carbocycles. The zero-order valence-electron chi connectivity index (χ0n) is 34.4. The van der Waals surface area contributed by atoms with Gasteiger partial charge in [0.15, 0.2) is 6.10 Å². The molecule has 0 aliphatic rings. The fraction of sp³-hybridized carbons (Fsp3) is 0.636. The average molecular weight is 776 g/mol. The summed E-state index contributed by atoms with van der Waals surface area (Å²) in [7, 11) is 1.11. The first kappa shape index (κ1) is 51.2. The lowest BCUT2D eigenvalue weighted by atomic mass is 10.1. The van der Waals surface area contributed by atoms with E-state index in [0.29, 0.717) is 23.9 Å². The summed E-state index contributed by atoms with van der Waals surface area (Å²) in [6, 6.07) is 0. The Morgan fingerprint density at radius 2 is 1.00 bits per heavy atom. The fourth-order valence-electron chi connectivity index (χ4n) is 4.77. The summed E-state index contributed by atoms with van der Waals surface area (Å²) in [5, 5.41) is 0. The summed E-state index contributed by atoms with van der Waals surface area (Å²) in [6.45, 7) is 3.89. The molecule has 0 aromatic rings. The molecule has 0 aromatic heterocycles. The second-order valence-corrected chi connectivity index (χ2v) is 15.6. The van der Waals surface area contributed by atoms with E-state index in [1.165, 1.54) is 0 Å². The summed E-state index contributed by atoms with van der Waals surface area (Å²) in [6.07, 6.45) is 44.7. The molecule has 10 heteroatoms. The van der Waals surface area contributed by atoms with E-state index in [2.05, 4.69) is 98.9 Å². The Bertz CT molecular complexity index is 1200. The molecule has 2 atom stereocenters. The molecule has 0 aliphatic heterocycles. The van der Waals surface area contributed by atoms with Gasteiger partial charge in [-0.25, -0.2) is 0 Å². The van der Waals surface area contributed by atoms with Crippen LogP contribution in [0.2, 0.25) is 0 Å². The predicted octanol–water partition coefficient (Wildman–Crippen LogP) is 10.6. The van der Waals surface area contributed by atoms with Crippen LogP contribution in [0.3, 0.4) is 0 Å². The molecule has 0 saturated heterocycles. The van der Waals surface area contributed by atoms with E-state index < -0.39 is 32.5 Å². The highest BCUT2D eigenvalue weighted by Crippen LogP contribution is 2.38. The van der Waals surface area contributed by atoms with E-state index in [4.69, 9.17) is 18.5 Å². The van der Waals surface area contributed by atoms with Crippen molar-refractivity contribution in [2.45, 2.75) is 136 Å². The van der Waals surface area contributed by atoms with E-state index in [1.807, 2.05) is 21.1 Å². The molecule has 0 N–H and O–H groups in total. The number of hydrogen-bond donors (Lipinski definition) is 0. The Morgan fingerprint density at radius 1 is 0.574 bits per heavy atom. The van der Waals surface area contributed by atoms with Crippen molar-refractivity contribution in [2.24, 2.45) is 0 Å². The normalized spacial score (nSPS) is 14.6. The largest absolute Gasteiger partial charge is 0.756 e. The van der Waals surface area contributed by atoms with Crippen LogP contribution in [0.4, 0.5) is 0 Å². The molecule has 0 spiro atoms. The maximum Gasteiger partial charge on any atom is 0.306 e. The molecule has 0 fully saturated rings. The third-order valence-corrected chi connectivity index (χ3v) is 8.87. The van der Waals surface area contributed by atoms with Gasteiger partial charge in [0, 0.05) is 12.8 Å². The van der Waals surface area contributed by atoms with E-state index in [-0.39, 0.29) is 26.1 Å². The van der Waals surface area contributed by atoms with E-state index >= 15 is 0 Å². The van der Waals surface area contributed by atoms with Crippen molar-refractivity contribution >= 4 is 19.8 Å². The van der Waals surface area contributed by atoms with Crippen molar-refractivity contribution in [3.05, 3.63) is 85.1 Å². The minimum atomic E-state index is -4.64. The highest BCUT2D eigenvalue weighted by atomic mass is 31.2. The molecule has 0 amide bonds. The summed E-state index contributed by atoms with van der Waals surface area (Å²) in [4.78, 5) is 37.4. The number of likely N-dealkylation sites (N-methyl/N-ethyl adjacent to an activating group) is 1. The number of ether oxygens (including phenoxy) is 2. The lowest BCUT2D eigenvalue weighted by Gasteiger charge is -2.28. The zero-order chi connectivity index (χ0) is 40.0. The molecule has 0 radical (unpaired) electrons. The maximum atomic E-state index is 12.6. The van der Waals surface area contributed by atoms with Crippen molar-refractivity contribution in [1.29, 1.82) is 0 Å². The van der Waals surface area contributed by atoms with Crippen LogP contribution >= 0.6 is 7.82 Å². The average Bonchev–Trinajstić information content (AvgIpc) is 3.12. The first-order valence-electron chi connectivity index (χ1n) is 20.3. The van der Waals surface area contributed by atoms with Gasteiger partial charge in [-0.3, -0.25) is 14.2 Å². The van der Waals surface area contributed by atoms with Crippen molar-refractivity contribution < 1.29 is 42.1 Å². The Balaban J connectivity index is 4.53. The van der Waals surface area contributed by atoms with Gasteiger partial charge in [0.2, 0.25) is 0 Å². The highest BCUT2D eigenvalue weighted by molar-refractivity contribution is 7.45. The van der Waals surface area contributed by atoms with Crippen LogP contribution in [-0.4, -0.2) is 70.0 Å². The lowest BCUT2D eigenvalue weighted by Crippen LogP contribution is -2.37. The Morgan fingerprint density at radius 3 is 1.52 bits per heavy atom. The zero-order valence-corrected chi connectivity index (χ0v) is 35.3. The van der Waals surface area contributed by atoms with E-state index in [9.17, 15) is 19.0 Å². The maximum absolute atomic E-state index is 12.6. The first-order chi connectivity index (χ1) is 26.0. The first-order valence-corrected chi connectivity index (χ1v) is 21.8. The second kappa shape index (κ2) is 35.9. The number of esters is 2. The predicted molar refractivity (Wildman–Crippen MR) is 222 cm³/mol. The number of hydrogen-bond acceptors (Lipinski definition) is 8. The molecule has 0 bridgehead atoms. The van der Waals surface area contributed by atoms with Gasteiger partial charge < -0.3 is 27.9 Å². The molecule has 9 nitrogen and oxygen atoms in total. The Kier molecular flexibility index (Phi) is 34.0. The number of allylic oxidation sites excluding steroid dienone is 14. The molecule has 1 unspecified atom stereocenters. The molecule has 308 valence electrons. The number of unbranched alkanes of at least 4 members (excludes halogenated alkanes) is 7. The van der Waals surface area contributed by atoms with E-state index in [1.54, 1.807) is 0 Å². The lowest BCUT2D eigenvalue weighted by molar-refractivity contribution is -0.870. The van der Waals surface area contributed by atoms with Gasteiger partial charge >= 0.3 is 11.9 Å². The van der Waals surface area contributed by atoms with Gasteiger partial charge in [-0.15, -0.1) is 0 Å². The van der Waals surface area contributed by atoms with Crippen LogP contribution in [-0.2, 0) is 32.7 Å². The van der Waals surface area contributed by atoms with Crippen LogP contribution in [0, 0.1) is 0 Å².